The van der Waals surface area contributed by atoms with Crippen LogP contribution < -0.4 is 0 Å². The maximum atomic E-state index is 4.36. The van der Waals surface area contributed by atoms with E-state index in [-0.39, 0.29) is 0 Å². The topological polar surface area (TPSA) is 12.4 Å². The van der Waals surface area contributed by atoms with Gasteiger partial charge in [0.15, 0.2) is 0 Å². The predicted molar refractivity (Wildman–Crippen MR) is 114 cm³/mol. The van der Waals surface area contributed by atoms with E-state index in [4.69, 9.17) is 0 Å². The summed E-state index contributed by atoms with van der Waals surface area (Å²) in [5, 5.41) is 0. The Morgan fingerprint density at radius 3 is 2.54 bits per heavy atom. The number of hydrogen-bond acceptors (Lipinski definition) is 1. The molecule has 0 saturated heterocycles. The second-order valence-electron chi connectivity index (χ2n) is 7.72. The Labute approximate surface area is 158 Å². The smallest absolute Gasteiger partial charge is 0.0388 e. The summed E-state index contributed by atoms with van der Waals surface area (Å²) in [6.07, 6.45) is 6.73. The van der Waals surface area contributed by atoms with Crippen molar-refractivity contribution in [3.8, 4) is 0 Å². The lowest BCUT2D eigenvalue weighted by atomic mass is 9.75. The molecule has 1 aliphatic rings. The first kappa shape index (κ1) is 18.6. The van der Waals surface area contributed by atoms with Gasteiger partial charge in [0.2, 0.25) is 0 Å². The summed E-state index contributed by atoms with van der Waals surface area (Å²) in [5.74, 6) is 1.23. The van der Waals surface area contributed by atoms with Crippen LogP contribution in [0.4, 0.5) is 0 Å². The molecule has 0 amide bonds. The molecular formula is C25H31N. The minimum atomic E-state index is 0.598. The van der Waals surface area contributed by atoms with Crippen molar-refractivity contribution in [2.45, 2.75) is 52.4 Å². The summed E-state index contributed by atoms with van der Waals surface area (Å²) >= 11 is 0. The van der Waals surface area contributed by atoms with Crippen LogP contribution in [-0.2, 0) is 19.3 Å². The second kappa shape index (κ2) is 8.03. The zero-order valence-electron chi connectivity index (χ0n) is 16.7. The molecular weight excluding hydrogens is 314 g/mol. The van der Waals surface area contributed by atoms with Gasteiger partial charge in [0.1, 0.15) is 0 Å². The van der Waals surface area contributed by atoms with Crippen molar-refractivity contribution in [3.63, 3.8) is 0 Å². The standard InChI is InChI=1S/C25H31N/c1-6-22-12-13-23-15-20(11-14-24(23)18(22)3)9-10-21-8-7-17(2)25(16-21)19(4)26-5/h6-8,11,14-16,18,22H,1,9-10,12-13H2,2-5H3. The highest BCUT2D eigenvalue weighted by Crippen LogP contribution is 2.37. The molecule has 0 heterocycles. The normalized spacial score (nSPS) is 19.9. The molecule has 0 spiro atoms. The SMILES string of the molecule is C=CC1CCc2cc(CCc3ccc(C)c(C(C)=NC)c3)ccc2C1C. The van der Waals surface area contributed by atoms with Gasteiger partial charge in [0.05, 0.1) is 0 Å². The molecule has 0 saturated carbocycles. The van der Waals surface area contributed by atoms with Gasteiger partial charge in [-0.05, 0) is 90.8 Å². The van der Waals surface area contributed by atoms with Gasteiger partial charge in [-0.25, -0.2) is 0 Å². The van der Waals surface area contributed by atoms with E-state index in [1.165, 1.54) is 40.7 Å². The van der Waals surface area contributed by atoms with Crippen molar-refractivity contribution in [1.29, 1.82) is 0 Å². The van der Waals surface area contributed by atoms with Gasteiger partial charge in [-0.3, -0.25) is 4.99 Å². The van der Waals surface area contributed by atoms with Crippen LogP contribution in [0.25, 0.3) is 0 Å². The third-order valence-corrected chi connectivity index (χ3v) is 6.12. The first-order valence-electron chi connectivity index (χ1n) is 9.81. The van der Waals surface area contributed by atoms with Gasteiger partial charge in [0, 0.05) is 12.8 Å². The van der Waals surface area contributed by atoms with Crippen molar-refractivity contribution in [2.24, 2.45) is 10.9 Å². The molecule has 26 heavy (non-hydrogen) atoms. The van der Waals surface area contributed by atoms with Gasteiger partial charge >= 0.3 is 0 Å². The molecule has 2 aromatic carbocycles. The maximum absolute atomic E-state index is 4.36. The quantitative estimate of drug-likeness (QED) is 0.460. The molecule has 0 radical (unpaired) electrons. The Bertz CT molecular complexity index is 828. The number of aliphatic imine (C=N–C) groups is 1. The number of nitrogens with zero attached hydrogens (tertiary/aromatic N) is 1. The average Bonchev–Trinajstić information content (AvgIpc) is 2.67. The van der Waals surface area contributed by atoms with Gasteiger partial charge in [-0.15, -0.1) is 6.58 Å². The van der Waals surface area contributed by atoms with E-state index in [2.05, 4.69) is 74.8 Å². The summed E-state index contributed by atoms with van der Waals surface area (Å²) < 4.78 is 0. The molecule has 2 unspecified atom stereocenters. The lowest BCUT2D eigenvalue weighted by Gasteiger charge is -2.29. The average molecular weight is 346 g/mol. The van der Waals surface area contributed by atoms with Crippen molar-refractivity contribution >= 4 is 5.71 Å². The Morgan fingerprint density at radius 1 is 1.15 bits per heavy atom. The van der Waals surface area contributed by atoms with Crippen molar-refractivity contribution in [2.75, 3.05) is 7.05 Å². The zero-order valence-corrected chi connectivity index (χ0v) is 16.7. The largest absolute Gasteiger partial charge is 0.293 e. The Balaban J connectivity index is 1.74. The first-order valence-corrected chi connectivity index (χ1v) is 9.81. The van der Waals surface area contributed by atoms with E-state index in [1.54, 1.807) is 5.56 Å². The van der Waals surface area contributed by atoms with E-state index in [9.17, 15) is 0 Å². The van der Waals surface area contributed by atoms with Crippen LogP contribution in [0.1, 0.15) is 59.6 Å². The fourth-order valence-corrected chi connectivity index (χ4v) is 4.22. The molecule has 0 bridgehead atoms. The maximum Gasteiger partial charge on any atom is 0.0388 e. The molecule has 136 valence electrons. The predicted octanol–water partition coefficient (Wildman–Crippen LogP) is 6.07. The molecule has 0 aromatic heterocycles. The minimum Gasteiger partial charge on any atom is -0.293 e. The van der Waals surface area contributed by atoms with E-state index in [0.29, 0.717) is 11.8 Å². The number of allylic oxidation sites excluding steroid dienone is 1. The molecule has 1 aliphatic carbocycles. The Hall–Kier alpha value is -2.15. The van der Waals surface area contributed by atoms with Gasteiger partial charge in [-0.1, -0.05) is 43.3 Å². The highest BCUT2D eigenvalue weighted by molar-refractivity contribution is 6.00. The van der Waals surface area contributed by atoms with Crippen molar-refractivity contribution in [3.05, 3.63) is 82.4 Å². The van der Waals surface area contributed by atoms with Crippen LogP contribution in [0, 0.1) is 12.8 Å². The molecule has 2 atom stereocenters. The molecule has 3 rings (SSSR count). The third kappa shape index (κ3) is 3.82. The number of aryl methyl sites for hydroxylation is 4. The molecule has 0 N–H and O–H groups in total. The van der Waals surface area contributed by atoms with E-state index in [1.807, 2.05) is 7.05 Å². The van der Waals surface area contributed by atoms with E-state index >= 15 is 0 Å². The van der Waals surface area contributed by atoms with E-state index < -0.39 is 0 Å². The highest BCUT2D eigenvalue weighted by Gasteiger charge is 2.23. The van der Waals surface area contributed by atoms with Crippen LogP contribution in [0.5, 0.6) is 0 Å². The summed E-state index contributed by atoms with van der Waals surface area (Å²) in [4.78, 5) is 4.36. The van der Waals surface area contributed by atoms with Gasteiger partial charge in [-0.2, -0.15) is 0 Å². The summed E-state index contributed by atoms with van der Waals surface area (Å²) in [6.45, 7) is 10.6. The number of hydrogen-bond donors (Lipinski definition) is 0. The van der Waals surface area contributed by atoms with Crippen LogP contribution >= 0.6 is 0 Å². The highest BCUT2D eigenvalue weighted by atomic mass is 14.7. The second-order valence-corrected chi connectivity index (χ2v) is 7.72. The Kier molecular flexibility index (Phi) is 5.76. The molecule has 1 nitrogen and oxygen atoms in total. The first-order chi connectivity index (χ1) is 12.5. The van der Waals surface area contributed by atoms with Crippen molar-refractivity contribution in [1.82, 2.24) is 0 Å². The molecule has 1 heteroatoms. The van der Waals surface area contributed by atoms with Gasteiger partial charge in [0.25, 0.3) is 0 Å². The van der Waals surface area contributed by atoms with Crippen molar-refractivity contribution < 1.29 is 0 Å². The van der Waals surface area contributed by atoms with Gasteiger partial charge < -0.3 is 0 Å². The molecule has 2 aromatic rings. The summed E-state index contributed by atoms with van der Waals surface area (Å²) in [6, 6.07) is 13.9. The molecule has 0 fully saturated rings. The fraction of sp³-hybridized carbons (Fsp3) is 0.400. The minimum absolute atomic E-state index is 0.598. The Morgan fingerprint density at radius 2 is 1.85 bits per heavy atom. The zero-order chi connectivity index (χ0) is 18.7. The third-order valence-electron chi connectivity index (χ3n) is 6.12. The lowest BCUT2D eigenvalue weighted by molar-refractivity contribution is 0.471. The van der Waals surface area contributed by atoms with Crippen LogP contribution in [0.15, 0.2) is 54.0 Å². The van der Waals surface area contributed by atoms with Crippen LogP contribution in [-0.4, -0.2) is 12.8 Å². The van der Waals surface area contributed by atoms with E-state index in [0.717, 1.165) is 18.6 Å². The molecule has 0 aliphatic heterocycles. The number of benzene rings is 2. The number of rotatable bonds is 5. The monoisotopic (exact) mass is 345 g/mol. The summed E-state index contributed by atoms with van der Waals surface area (Å²) in [7, 11) is 1.87. The lowest BCUT2D eigenvalue weighted by Crippen LogP contribution is -2.17. The summed E-state index contributed by atoms with van der Waals surface area (Å²) in [5.41, 5.74) is 9.62. The number of fused-ring (bicyclic) bond motifs is 1. The van der Waals surface area contributed by atoms with Crippen LogP contribution in [0.2, 0.25) is 0 Å². The fourth-order valence-electron chi connectivity index (χ4n) is 4.22. The van der Waals surface area contributed by atoms with Crippen LogP contribution in [0.3, 0.4) is 0 Å².